The van der Waals surface area contributed by atoms with E-state index >= 15 is 0 Å². The quantitative estimate of drug-likeness (QED) is 0.869. The van der Waals surface area contributed by atoms with Crippen LogP contribution < -0.4 is 5.73 Å². The van der Waals surface area contributed by atoms with E-state index in [1.54, 1.807) is 0 Å². The van der Waals surface area contributed by atoms with Crippen molar-refractivity contribution < 1.29 is 14.2 Å². The summed E-state index contributed by atoms with van der Waals surface area (Å²) in [5.74, 6) is 1.30. The molecule has 3 atom stereocenters. The van der Waals surface area contributed by atoms with E-state index in [0.29, 0.717) is 5.92 Å². The lowest BCUT2D eigenvalue weighted by molar-refractivity contribution is -0.130. The van der Waals surface area contributed by atoms with Crippen LogP contribution in [0.2, 0.25) is 0 Å². The lowest BCUT2D eigenvalue weighted by Crippen LogP contribution is -2.58. The summed E-state index contributed by atoms with van der Waals surface area (Å²) in [4.78, 5) is 0. The van der Waals surface area contributed by atoms with E-state index < -0.39 is 0 Å². The van der Waals surface area contributed by atoms with Gasteiger partial charge in [-0.3, -0.25) is 0 Å². The third-order valence-electron chi connectivity index (χ3n) is 6.24. The molecule has 2 heterocycles. The summed E-state index contributed by atoms with van der Waals surface area (Å²) in [5, 5.41) is 0. The van der Waals surface area contributed by atoms with E-state index in [1.807, 2.05) is 7.11 Å². The van der Waals surface area contributed by atoms with Crippen LogP contribution in [-0.4, -0.2) is 44.2 Å². The van der Waals surface area contributed by atoms with Gasteiger partial charge in [0.1, 0.15) is 0 Å². The molecule has 0 aromatic carbocycles. The summed E-state index contributed by atoms with van der Waals surface area (Å²) in [6.45, 7) is 4.73. The Kier molecular flexibility index (Phi) is 4.60. The highest BCUT2D eigenvalue weighted by atomic mass is 16.6. The normalized spacial score (nSPS) is 45.9. The third-order valence-corrected chi connectivity index (χ3v) is 6.24. The van der Waals surface area contributed by atoms with Crippen LogP contribution in [-0.2, 0) is 14.2 Å². The molecule has 0 amide bonds. The van der Waals surface area contributed by atoms with Gasteiger partial charge in [-0.25, -0.2) is 0 Å². The maximum absolute atomic E-state index is 6.74. The second-order valence-electron chi connectivity index (χ2n) is 7.56. The van der Waals surface area contributed by atoms with Crippen molar-refractivity contribution >= 4 is 0 Å². The van der Waals surface area contributed by atoms with Crippen molar-refractivity contribution in [1.29, 1.82) is 0 Å². The first-order chi connectivity index (χ1) is 10.1. The molecule has 0 aromatic heterocycles. The molecule has 1 aliphatic carbocycles. The number of nitrogens with two attached hydrogens (primary N) is 1. The van der Waals surface area contributed by atoms with Gasteiger partial charge in [0.05, 0.1) is 17.8 Å². The molecule has 3 rings (SSSR count). The molecule has 0 bridgehead atoms. The summed E-state index contributed by atoms with van der Waals surface area (Å²) in [6.07, 6.45) is 7.79. The van der Waals surface area contributed by atoms with Crippen LogP contribution in [0.3, 0.4) is 0 Å². The Balaban J connectivity index is 1.69. The van der Waals surface area contributed by atoms with Crippen molar-refractivity contribution in [3.05, 3.63) is 0 Å². The third kappa shape index (κ3) is 3.00. The van der Waals surface area contributed by atoms with Crippen LogP contribution in [0.5, 0.6) is 0 Å². The molecular formula is C17H31NO3. The Labute approximate surface area is 128 Å². The van der Waals surface area contributed by atoms with Gasteiger partial charge in [0, 0.05) is 32.8 Å². The van der Waals surface area contributed by atoms with Crippen LogP contribution >= 0.6 is 0 Å². The molecule has 4 nitrogen and oxygen atoms in total. The molecule has 1 saturated carbocycles. The second-order valence-corrected chi connectivity index (χ2v) is 7.56. The number of methoxy groups -OCH3 is 1. The molecule has 4 heteroatoms. The van der Waals surface area contributed by atoms with E-state index in [-0.39, 0.29) is 17.2 Å². The van der Waals surface area contributed by atoms with E-state index in [1.165, 1.54) is 12.8 Å². The molecule has 3 unspecified atom stereocenters. The average Bonchev–Trinajstić information content (AvgIpc) is 2.95. The first-order valence-electron chi connectivity index (χ1n) is 8.62. The fourth-order valence-electron chi connectivity index (χ4n) is 4.59. The molecule has 3 fully saturated rings. The van der Waals surface area contributed by atoms with Crippen LogP contribution in [0.15, 0.2) is 0 Å². The standard InChI is InChI=1S/C17H31NO3/c1-13-3-6-17(19-2,7-4-13)15(18)14-5-9-21-16(11-14)8-10-20-12-16/h13-15H,3-12,18H2,1-2H3. The SMILES string of the molecule is COC1(C(N)C2CCOC3(CCOC3)C2)CCC(C)CC1. The zero-order valence-electron chi connectivity index (χ0n) is 13.6. The average molecular weight is 297 g/mol. The van der Waals surface area contributed by atoms with Crippen molar-refractivity contribution in [2.45, 2.75) is 69.1 Å². The lowest BCUT2D eigenvalue weighted by Gasteiger charge is -2.48. The molecule has 21 heavy (non-hydrogen) atoms. The monoisotopic (exact) mass is 297 g/mol. The number of rotatable bonds is 3. The van der Waals surface area contributed by atoms with Gasteiger partial charge in [0.15, 0.2) is 0 Å². The minimum absolute atomic E-state index is 0.0581. The summed E-state index contributed by atoms with van der Waals surface area (Å²) in [7, 11) is 1.85. The van der Waals surface area contributed by atoms with Gasteiger partial charge >= 0.3 is 0 Å². The molecule has 2 aliphatic heterocycles. The second kappa shape index (κ2) is 6.15. The van der Waals surface area contributed by atoms with Crippen molar-refractivity contribution in [3.63, 3.8) is 0 Å². The molecule has 2 N–H and O–H groups in total. The zero-order valence-corrected chi connectivity index (χ0v) is 13.6. The first kappa shape index (κ1) is 15.7. The van der Waals surface area contributed by atoms with Gasteiger partial charge < -0.3 is 19.9 Å². The summed E-state index contributed by atoms with van der Waals surface area (Å²) >= 11 is 0. The van der Waals surface area contributed by atoms with Crippen molar-refractivity contribution in [1.82, 2.24) is 0 Å². The predicted octanol–water partition coefficient (Wildman–Crippen LogP) is 2.49. The summed E-state index contributed by atoms with van der Waals surface area (Å²) in [5.41, 5.74) is 6.57. The van der Waals surface area contributed by atoms with E-state index in [2.05, 4.69) is 6.92 Å². The maximum atomic E-state index is 6.74. The molecule has 0 radical (unpaired) electrons. The topological polar surface area (TPSA) is 53.7 Å². The Morgan fingerprint density at radius 3 is 2.52 bits per heavy atom. The highest BCUT2D eigenvalue weighted by molar-refractivity contribution is 5.02. The predicted molar refractivity (Wildman–Crippen MR) is 82.2 cm³/mol. The largest absolute Gasteiger partial charge is 0.378 e. The van der Waals surface area contributed by atoms with Gasteiger partial charge in [-0.2, -0.15) is 0 Å². The van der Waals surface area contributed by atoms with Crippen molar-refractivity contribution in [2.75, 3.05) is 26.9 Å². The van der Waals surface area contributed by atoms with Crippen LogP contribution in [0.4, 0.5) is 0 Å². The molecule has 122 valence electrons. The van der Waals surface area contributed by atoms with Gasteiger partial charge in [-0.1, -0.05) is 6.92 Å². The van der Waals surface area contributed by atoms with E-state index in [9.17, 15) is 0 Å². The highest BCUT2D eigenvalue weighted by Gasteiger charge is 2.48. The number of hydrogen-bond donors (Lipinski definition) is 1. The fourth-order valence-corrected chi connectivity index (χ4v) is 4.59. The first-order valence-corrected chi connectivity index (χ1v) is 8.62. The van der Waals surface area contributed by atoms with Crippen LogP contribution in [0, 0.1) is 11.8 Å². The molecule has 1 spiro atoms. The smallest absolute Gasteiger partial charge is 0.0939 e. The Hall–Kier alpha value is -0.160. The lowest BCUT2D eigenvalue weighted by atomic mass is 9.69. The molecular weight excluding hydrogens is 266 g/mol. The number of ether oxygens (including phenoxy) is 3. The number of hydrogen-bond acceptors (Lipinski definition) is 4. The van der Waals surface area contributed by atoms with E-state index in [4.69, 9.17) is 19.9 Å². The van der Waals surface area contributed by atoms with Crippen LogP contribution in [0.25, 0.3) is 0 Å². The summed E-state index contributed by atoms with van der Waals surface area (Å²) in [6, 6.07) is 0.122. The molecule has 0 aromatic rings. The minimum atomic E-state index is -0.116. The molecule has 2 saturated heterocycles. The van der Waals surface area contributed by atoms with Gasteiger partial charge in [0.2, 0.25) is 0 Å². The fraction of sp³-hybridized carbons (Fsp3) is 1.00. The van der Waals surface area contributed by atoms with Gasteiger partial charge in [0.25, 0.3) is 0 Å². The van der Waals surface area contributed by atoms with Gasteiger partial charge in [-0.05, 0) is 50.4 Å². The Morgan fingerprint density at radius 2 is 1.90 bits per heavy atom. The molecule has 3 aliphatic rings. The van der Waals surface area contributed by atoms with E-state index in [0.717, 1.165) is 57.8 Å². The Bertz CT molecular complexity index is 346. The zero-order chi connectivity index (χ0) is 14.9. The van der Waals surface area contributed by atoms with Gasteiger partial charge in [-0.15, -0.1) is 0 Å². The Morgan fingerprint density at radius 1 is 1.14 bits per heavy atom. The maximum Gasteiger partial charge on any atom is 0.0939 e. The minimum Gasteiger partial charge on any atom is -0.378 e. The summed E-state index contributed by atoms with van der Waals surface area (Å²) < 4.78 is 17.6. The van der Waals surface area contributed by atoms with Crippen molar-refractivity contribution in [2.24, 2.45) is 17.6 Å². The van der Waals surface area contributed by atoms with Crippen LogP contribution in [0.1, 0.15) is 51.9 Å². The van der Waals surface area contributed by atoms with Crippen molar-refractivity contribution in [3.8, 4) is 0 Å². The highest BCUT2D eigenvalue weighted by Crippen LogP contribution is 2.43.